The van der Waals surface area contributed by atoms with Crippen molar-refractivity contribution in [2.75, 3.05) is 0 Å². The van der Waals surface area contributed by atoms with Crippen LogP contribution >= 0.6 is 0 Å². The van der Waals surface area contributed by atoms with Crippen LogP contribution in [0.15, 0.2) is 41.9 Å². The Labute approximate surface area is 83.5 Å². The van der Waals surface area contributed by atoms with Gasteiger partial charge in [-0.05, 0) is 17.5 Å². The predicted octanol–water partition coefficient (Wildman–Crippen LogP) is 1.73. The Balaban J connectivity index is 2.94. The lowest BCUT2D eigenvalue weighted by atomic mass is 10.1. The standard InChI is InChI=1S/C11H13N3/c1-2-5-9-6-3-4-7-10(9)8-14-11(12)13/h2-4,6-8H,1,5H2,(H3,12,13). The topological polar surface area (TPSA) is 62.2 Å². The van der Waals surface area contributed by atoms with Crippen LogP contribution in [0.2, 0.25) is 0 Å². The van der Waals surface area contributed by atoms with Crippen LogP contribution < -0.4 is 5.73 Å². The lowest BCUT2D eigenvalue weighted by Gasteiger charge is -2.01. The van der Waals surface area contributed by atoms with Crippen LogP contribution in [0.3, 0.4) is 0 Å². The third kappa shape index (κ3) is 2.86. The Morgan fingerprint density at radius 3 is 2.86 bits per heavy atom. The molecule has 0 aliphatic rings. The van der Waals surface area contributed by atoms with Crippen molar-refractivity contribution >= 4 is 12.2 Å². The lowest BCUT2D eigenvalue weighted by Crippen LogP contribution is -2.06. The molecule has 0 bridgehead atoms. The highest BCUT2D eigenvalue weighted by atomic mass is 15.0. The number of rotatable bonds is 3. The summed E-state index contributed by atoms with van der Waals surface area (Å²) in [4.78, 5) is 3.74. The van der Waals surface area contributed by atoms with Gasteiger partial charge < -0.3 is 5.73 Å². The van der Waals surface area contributed by atoms with E-state index < -0.39 is 0 Å². The molecule has 3 nitrogen and oxygen atoms in total. The summed E-state index contributed by atoms with van der Waals surface area (Å²) < 4.78 is 0. The maximum atomic E-state index is 6.98. The van der Waals surface area contributed by atoms with E-state index in [2.05, 4.69) is 11.6 Å². The zero-order valence-corrected chi connectivity index (χ0v) is 7.90. The number of guanidine groups is 1. The fourth-order valence-corrected chi connectivity index (χ4v) is 1.14. The van der Waals surface area contributed by atoms with Crippen molar-refractivity contribution in [3.05, 3.63) is 48.0 Å². The molecule has 14 heavy (non-hydrogen) atoms. The third-order valence-corrected chi connectivity index (χ3v) is 1.76. The zero-order valence-electron chi connectivity index (χ0n) is 7.90. The van der Waals surface area contributed by atoms with E-state index in [0.717, 1.165) is 17.5 Å². The first-order valence-electron chi connectivity index (χ1n) is 4.31. The van der Waals surface area contributed by atoms with Gasteiger partial charge in [0.1, 0.15) is 0 Å². The fraction of sp³-hybridized carbons (Fsp3) is 0.0909. The van der Waals surface area contributed by atoms with Crippen LogP contribution in [0.5, 0.6) is 0 Å². The van der Waals surface area contributed by atoms with E-state index in [0.29, 0.717) is 0 Å². The average Bonchev–Trinajstić information content (AvgIpc) is 2.17. The number of allylic oxidation sites excluding steroid dienone is 1. The van der Waals surface area contributed by atoms with Crippen LogP contribution in [0, 0.1) is 5.41 Å². The molecule has 0 aliphatic heterocycles. The van der Waals surface area contributed by atoms with E-state index in [9.17, 15) is 0 Å². The Morgan fingerprint density at radius 2 is 2.21 bits per heavy atom. The molecule has 0 amide bonds. The smallest absolute Gasteiger partial charge is 0.212 e. The molecule has 3 N–H and O–H groups in total. The van der Waals surface area contributed by atoms with Crippen molar-refractivity contribution in [3.63, 3.8) is 0 Å². The van der Waals surface area contributed by atoms with Crippen LogP contribution in [0.4, 0.5) is 0 Å². The number of nitrogens with zero attached hydrogens (tertiary/aromatic N) is 1. The Morgan fingerprint density at radius 1 is 1.50 bits per heavy atom. The molecule has 1 aromatic rings. The van der Waals surface area contributed by atoms with E-state index in [1.807, 2.05) is 30.3 Å². The van der Waals surface area contributed by atoms with Crippen molar-refractivity contribution in [1.82, 2.24) is 0 Å². The highest BCUT2D eigenvalue weighted by Crippen LogP contribution is 2.07. The van der Waals surface area contributed by atoms with Gasteiger partial charge in [0, 0.05) is 6.21 Å². The normalized spacial score (nSPS) is 10.3. The molecule has 3 heteroatoms. The Hall–Kier alpha value is -1.90. The predicted molar refractivity (Wildman–Crippen MR) is 59.9 cm³/mol. The molecule has 1 aromatic carbocycles. The number of hydrogen-bond donors (Lipinski definition) is 2. The van der Waals surface area contributed by atoms with Crippen LogP contribution in [0.1, 0.15) is 11.1 Å². The molecule has 0 radical (unpaired) electrons. The van der Waals surface area contributed by atoms with E-state index in [-0.39, 0.29) is 5.96 Å². The quantitative estimate of drug-likeness (QED) is 0.422. The first kappa shape index (κ1) is 10.2. The number of hydrogen-bond acceptors (Lipinski definition) is 1. The molecule has 0 spiro atoms. The van der Waals surface area contributed by atoms with Gasteiger partial charge in [-0.1, -0.05) is 30.3 Å². The van der Waals surface area contributed by atoms with Crippen molar-refractivity contribution in [3.8, 4) is 0 Å². The van der Waals surface area contributed by atoms with Gasteiger partial charge in [-0.3, -0.25) is 5.41 Å². The number of aliphatic imine (C=N–C) groups is 1. The molecular formula is C11H13N3. The van der Waals surface area contributed by atoms with Gasteiger partial charge >= 0.3 is 0 Å². The summed E-state index contributed by atoms with van der Waals surface area (Å²) in [5.41, 5.74) is 7.24. The highest BCUT2D eigenvalue weighted by molar-refractivity contribution is 5.92. The zero-order chi connectivity index (χ0) is 10.4. The van der Waals surface area contributed by atoms with Gasteiger partial charge in [-0.15, -0.1) is 6.58 Å². The summed E-state index contributed by atoms with van der Waals surface area (Å²) in [6.07, 6.45) is 4.22. The minimum atomic E-state index is -0.182. The summed E-state index contributed by atoms with van der Waals surface area (Å²) in [7, 11) is 0. The molecule has 0 fully saturated rings. The Kier molecular flexibility index (Phi) is 3.61. The minimum Gasteiger partial charge on any atom is -0.368 e. The van der Waals surface area contributed by atoms with Crippen molar-refractivity contribution < 1.29 is 0 Å². The minimum absolute atomic E-state index is 0.182. The summed E-state index contributed by atoms with van der Waals surface area (Å²) in [6, 6.07) is 7.83. The molecule has 1 rings (SSSR count). The van der Waals surface area contributed by atoms with Crippen molar-refractivity contribution in [1.29, 1.82) is 5.41 Å². The van der Waals surface area contributed by atoms with Crippen molar-refractivity contribution in [2.45, 2.75) is 6.42 Å². The SMILES string of the molecule is C=CCc1ccccc1C=NC(=N)N. The van der Waals surface area contributed by atoms with E-state index in [1.54, 1.807) is 6.21 Å². The first-order chi connectivity index (χ1) is 6.74. The second-order valence-corrected chi connectivity index (χ2v) is 2.84. The molecule has 0 aromatic heterocycles. The molecular weight excluding hydrogens is 174 g/mol. The van der Waals surface area contributed by atoms with Crippen molar-refractivity contribution in [2.24, 2.45) is 10.7 Å². The van der Waals surface area contributed by atoms with Crippen LogP contribution in [-0.2, 0) is 6.42 Å². The van der Waals surface area contributed by atoms with Gasteiger partial charge in [0.25, 0.3) is 0 Å². The first-order valence-corrected chi connectivity index (χ1v) is 4.31. The van der Waals surface area contributed by atoms with E-state index >= 15 is 0 Å². The second kappa shape index (κ2) is 4.97. The number of nitrogens with two attached hydrogens (primary N) is 1. The maximum absolute atomic E-state index is 6.98. The Bertz CT molecular complexity index is 367. The molecule has 0 unspecified atom stereocenters. The number of nitrogens with one attached hydrogen (secondary N) is 1. The second-order valence-electron chi connectivity index (χ2n) is 2.84. The van der Waals surface area contributed by atoms with Crippen LogP contribution in [0.25, 0.3) is 0 Å². The third-order valence-electron chi connectivity index (χ3n) is 1.76. The van der Waals surface area contributed by atoms with E-state index in [1.165, 1.54) is 0 Å². The molecule has 72 valence electrons. The van der Waals surface area contributed by atoms with Gasteiger partial charge in [0.15, 0.2) is 0 Å². The maximum Gasteiger partial charge on any atom is 0.212 e. The van der Waals surface area contributed by atoms with Gasteiger partial charge in [0.05, 0.1) is 0 Å². The summed E-state index contributed by atoms with van der Waals surface area (Å²) in [5, 5.41) is 6.98. The summed E-state index contributed by atoms with van der Waals surface area (Å²) in [6.45, 7) is 3.68. The summed E-state index contributed by atoms with van der Waals surface area (Å²) >= 11 is 0. The lowest BCUT2D eigenvalue weighted by molar-refractivity contribution is 1.27. The van der Waals surface area contributed by atoms with E-state index in [4.69, 9.17) is 11.1 Å². The monoisotopic (exact) mass is 187 g/mol. The van der Waals surface area contributed by atoms with Gasteiger partial charge in [-0.2, -0.15) is 0 Å². The molecule has 0 saturated heterocycles. The molecule has 0 heterocycles. The van der Waals surface area contributed by atoms with Gasteiger partial charge in [0.2, 0.25) is 5.96 Å². The largest absolute Gasteiger partial charge is 0.368 e. The summed E-state index contributed by atoms with van der Waals surface area (Å²) in [5.74, 6) is -0.182. The highest BCUT2D eigenvalue weighted by Gasteiger charge is 1.96. The molecule has 0 saturated carbocycles. The fourth-order valence-electron chi connectivity index (χ4n) is 1.14. The van der Waals surface area contributed by atoms with Gasteiger partial charge in [-0.25, -0.2) is 4.99 Å². The van der Waals surface area contributed by atoms with Crippen LogP contribution in [-0.4, -0.2) is 12.2 Å². The molecule has 0 aliphatic carbocycles. The average molecular weight is 187 g/mol. The number of benzene rings is 1. The molecule has 0 atom stereocenters.